The van der Waals surface area contributed by atoms with Crippen molar-refractivity contribution < 1.29 is 9.59 Å². The van der Waals surface area contributed by atoms with Gasteiger partial charge in [-0.05, 0) is 56.3 Å². The largest absolute Gasteiger partial charge is 0.355 e. The number of nitrogens with one attached hydrogen (secondary N) is 1. The lowest BCUT2D eigenvalue weighted by Crippen LogP contribution is -2.43. The van der Waals surface area contributed by atoms with E-state index in [1.165, 1.54) is 22.9 Å². The van der Waals surface area contributed by atoms with Crippen molar-refractivity contribution in [1.29, 1.82) is 0 Å². The molecule has 0 spiro atoms. The number of hydrogen-bond acceptors (Lipinski definition) is 4. The highest BCUT2D eigenvalue weighted by atomic mass is 32.2. The van der Waals surface area contributed by atoms with E-state index >= 15 is 0 Å². The minimum atomic E-state index is -0.152. The van der Waals surface area contributed by atoms with Crippen molar-refractivity contribution in [3.8, 4) is 0 Å². The van der Waals surface area contributed by atoms with Crippen molar-refractivity contribution in [1.82, 2.24) is 10.2 Å². The van der Waals surface area contributed by atoms with Gasteiger partial charge < -0.3 is 10.2 Å². The van der Waals surface area contributed by atoms with Crippen molar-refractivity contribution in [2.75, 3.05) is 31.6 Å². The number of aryl methyl sites for hydroxylation is 1. The molecule has 0 fully saturated rings. The number of hydrogen-bond donors (Lipinski definition) is 1. The average molecular weight is 486 g/mol. The van der Waals surface area contributed by atoms with Crippen LogP contribution in [-0.2, 0) is 16.1 Å². The fourth-order valence-corrected chi connectivity index (χ4v) is 5.04. The molecule has 1 aliphatic heterocycles. The summed E-state index contributed by atoms with van der Waals surface area (Å²) in [6, 6.07) is 26.1. The summed E-state index contributed by atoms with van der Waals surface area (Å²) in [7, 11) is 2.08. The van der Waals surface area contributed by atoms with Crippen molar-refractivity contribution in [2.45, 2.75) is 24.8 Å². The molecule has 0 aromatic heterocycles. The maximum absolute atomic E-state index is 13.3. The first-order chi connectivity index (χ1) is 17.0. The molecule has 0 unspecified atom stereocenters. The maximum Gasteiger partial charge on any atom is 0.265 e. The third-order valence-corrected chi connectivity index (χ3v) is 6.92. The van der Waals surface area contributed by atoms with Gasteiger partial charge in [-0.2, -0.15) is 0 Å². The Labute approximate surface area is 211 Å². The van der Waals surface area contributed by atoms with E-state index < -0.39 is 0 Å². The summed E-state index contributed by atoms with van der Waals surface area (Å²) in [5, 5.41) is 2.99. The summed E-state index contributed by atoms with van der Waals surface area (Å²) in [6.07, 6.45) is 2.74. The van der Waals surface area contributed by atoms with E-state index in [1.807, 2.05) is 79.7 Å². The number of thioether (sulfide) groups is 1. The second-order valence-electron chi connectivity index (χ2n) is 8.81. The van der Waals surface area contributed by atoms with Crippen molar-refractivity contribution in [3.63, 3.8) is 0 Å². The SMILES string of the molecule is Cc1ccc(C=C2Sc3ccccc3N(CC(=O)NCCCN(C)Cc3ccccc3)C2=O)cc1. The third kappa shape index (κ3) is 6.84. The predicted octanol–water partition coefficient (Wildman–Crippen LogP) is 5.11. The first-order valence-electron chi connectivity index (χ1n) is 11.9. The van der Waals surface area contributed by atoms with Crippen molar-refractivity contribution in [3.05, 3.63) is 100 Å². The van der Waals surface area contributed by atoms with Crippen molar-refractivity contribution >= 4 is 35.3 Å². The van der Waals surface area contributed by atoms with Gasteiger partial charge in [0.25, 0.3) is 5.91 Å². The van der Waals surface area contributed by atoms with E-state index in [0.29, 0.717) is 11.4 Å². The first-order valence-corrected chi connectivity index (χ1v) is 12.7. The van der Waals surface area contributed by atoms with Crippen LogP contribution in [0.2, 0.25) is 0 Å². The monoisotopic (exact) mass is 485 g/mol. The van der Waals surface area contributed by atoms with Gasteiger partial charge in [-0.1, -0.05) is 84.1 Å². The van der Waals surface area contributed by atoms with Crippen molar-refractivity contribution in [2.24, 2.45) is 0 Å². The van der Waals surface area contributed by atoms with E-state index in [-0.39, 0.29) is 18.4 Å². The number of para-hydroxylation sites is 1. The summed E-state index contributed by atoms with van der Waals surface area (Å²) in [5.74, 6) is -0.299. The zero-order valence-corrected chi connectivity index (χ0v) is 21.1. The molecule has 0 atom stereocenters. The minimum Gasteiger partial charge on any atom is -0.355 e. The molecule has 0 saturated carbocycles. The Morgan fingerprint density at radius 2 is 1.71 bits per heavy atom. The smallest absolute Gasteiger partial charge is 0.265 e. The Balaban J connectivity index is 1.35. The summed E-state index contributed by atoms with van der Waals surface area (Å²) in [4.78, 5) is 31.5. The van der Waals surface area contributed by atoms with Gasteiger partial charge in [-0.25, -0.2) is 0 Å². The molecular formula is C29H31N3O2S. The summed E-state index contributed by atoms with van der Waals surface area (Å²) < 4.78 is 0. The minimum absolute atomic E-state index is 0.00149. The molecule has 2 amide bonds. The fraction of sp³-hybridized carbons (Fsp3) is 0.241. The highest BCUT2D eigenvalue weighted by Gasteiger charge is 2.30. The normalized spacial score (nSPS) is 14.3. The lowest BCUT2D eigenvalue weighted by molar-refractivity contribution is -0.122. The third-order valence-electron chi connectivity index (χ3n) is 5.84. The molecule has 6 heteroatoms. The quantitative estimate of drug-likeness (QED) is 0.338. The molecule has 0 bridgehead atoms. The lowest BCUT2D eigenvalue weighted by atomic mass is 10.1. The molecule has 1 heterocycles. The predicted molar refractivity (Wildman–Crippen MR) is 144 cm³/mol. The molecular weight excluding hydrogens is 454 g/mol. The van der Waals surface area contributed by atoms with Gasteiger partial charge in [0.15, 0.2) is 0 Å². The molecule has 180 valence electrons. The van der Waals surface area contributed by atoms with Crippen LogP contribution in [0.25, 0.3) is 6.08 Å². The van der Waals surface area contributed by atoms with Crippen LogP contribution in [0.5, 0.6) is 0 Å². The summed E-state index contributed by atoms with van der Waals surface area (Å²) in [6.45, 7) is 4.36. The van der Waals surface area contributed by atoms with E-state index in [4.69, 9.17) is 0 Å². The second-order valence-corrected chi connectivity index (χ2v) is 9.89. The maximum atomic E-state index is 13.3. The van der Waals surface area contributed by atoms with E-state index in [0.717, 1.165) is 35.7 Å². The molecule has 5 nitrogen and oxygen atoms in total. The fourth-order valence-electron chi connectivity index (χ4n) is 3.98. The molecule has 3 aromatic rings. The first kappa shape index (κ1) is 24.8. The van der Waals surface area contributed by atoms with Gasteiger partial charge in [0.1, 0.15) is 6.54 Å². The van der Waals surface area contributed by atoms with Gasteiger partial charge in [-0.15, -0.1) is 0 Å². The van der Waals surface area contributed by atoms with Crippen LogP contribution in [0.1, 0.15) is 23.1 Å². The molecule has 1 N–H and O–H groups in total. The number of benzene rings is 3. The lowest BCUT2D eigenvalue weighted by Gasteiger charge is -2.29. The molecule has 0 saturated heterocycles. The molecule has 3 aromatic carbocycles. The topological polar surface area (TPSA) is 52.7 Å². The van der Waals surface area contributed by atoms with E-state index in [9.17, 15) is 9.59 Å². The van der Waals surface area contributed by atoms with Gasteiger partial charge in [0, 0.05) is 18.0 Å². The average Bonchev–Trinajstić information content (AvgIpc) is 2.86. The van der Waals surface area contributed by atoms with Crippen LogP contribution in [-0.4, -0.2) is 43.4 Å². The van der Waals surface area contributed by atoms with E-state index in [1.54, 1.807) is 4.90 Å². The molecule has 0 radical (unpaired) electrons. The van der Waals surface area contributed by atoms with Crippen LogP contribution >= 0.6 is 11.8 Å². The molecule has 4 rings (SSSR count). The number of nitrogens with zero attached hydrogens (tertiary/aromatic N) is 2. The molecule has 35 heavy (non-hydrogen) atoms. The number of fused-ring (bicyclic) bond motifs is 1. The van der Waals surface area contributed by atoms with Gasteiger partial charge in [0.05, 0.1) is 10.6 Å². The highest BCUT2D eigenvalue weighted by Crippen LogP contribution is 2.41. The summed E-state index contributed by atoms with van der Waals surface area (Å²) in [5.41, 5.74) is 4.19. The Hall–Kier alpha value is -3.35. The Kier molecular flexibility index (Phi) is 8.40. The Morgan fingerprint density at radius 1 is 1.00 bits per heavy atom. The zero-order valence-electron chi connectivity index (χ0n) is 20.2. The van der Waals surface area contributed by atoms with Gasteiger partial charge >= 0.3 is 0 Å². The van der Waals surface area contributed by atoms with Crippen LogP contribution in [0.3, 0.4) is 0 Å². The number of anilines is 1. The molecule has 0 aliphatic carbocycles. The van der Waals surface area contributed by atoms with Gasteiger partial charge in [-0.3, -0.25) is 14.5 Å². The van der Waals surface area contributed by atoms with E-state index in [2.05, 4.69) is 29.4 Å². The van der Waals surface area contributed by atoms with Crippen LogP contribution in [0, 0.1) is 6.92 Å². The molecule has 1 aliphatic rings. The number of carbonyl (C=O) groups is 2. The van der Waals surface area contributed by atoms with Crippen LogP contribution in [0.15, 0.2) is 88.7 Å². The Morgan fingerprint density at radius 3 is 2.49 bits per heavy atom. The Bertz CT molecular complexity index is 1190. The summed E-state index contributed by atoms with van der Waals surface area (Å²) >= 11 is 1.45. The van der Waals surface area contributed by atoms with Gasteiger partial charge in [0.2, 0.25) is 5.91 Å². The standard InChI is InChI=1S/C29H31N3O2S/c1-22-13-15-23(16-14-22)19-27-29(34)32(25-11-6-7-12-26(25)35-27)21-28(33)30-17-8-18-31(2)20-24-9-4-3-5-10-24/h3-7,9-16,19H,8,17-18,20-21H2,1-2H3,(H,30,33). The number of rotatable bonds is 9. The number of amides is 2. The highest BCUT2D eigenvalue weighted by molar-refractivity contribution is 8.04. The number of carbonyl (C=O) groups excluding carboxylic acids is 2. The van der Waals surface area contributed by atoms with Crippen LogP contribution < -0.4 is 10.2 Å². The second kappa shape index (κ2) is 11.9. The van der Waals surface area contributed by atoms with Crippen LogP contribution in [0.4, 0.5) is 5.69 Å². The zero-order chi connectivity index (χ0) is 24.6.